The molecule has 80 valence electrons. The van der Waals surface area contributed by atoms with E-state index in [2.05, 4.69) is 6.92 Å². The van der Waals surface area contributed by atoms with E-state index in [1.807, 2.05) is 4.58 Å². The summed E-state index contributed by atoms with van der Waals surface area (Å²) < 4.78 is 2.00. The van der Waals surface area contributed by atoms with Crippen molar-refractivity contribution in [3.63, 3.8) is 0 Å². The van der Waals surface area contributed by atoms with Crippen molar-refractivity contribution in [2.75, 3.05) is 18.8 Å². The summed E-state index contributed by atoms with van der Waals surface area (Å²) in [6, 6.07) is 0. The Balaban J connectivity index is 2.34. The first-order valence-corrected chi connectivity index (χ1v) is 6.22. The molecule has 0 unspecified atom stereocenters. The number of nitrogens with zero attached hydrogens (tertiary/aromatic N) is 1. The molecular weight excluding hydrogens is 198 g/mol. The molecule has 14 heavy (non-hydrogen) atoms. The maximum atomic E-state index is 10.8. The van der Waals surface area contributed by atoms with Crippen LogP contribution in [-0.2, 0) is 4.79 Å². The first kappa shape index (κ1) is 11.6. The first-order chi connectivity index (χ1) is 6.75. The SMILES string of the molecule is CCCCCC[N+]1=C(C(=O)O)SCC1. The highest BCUT2D eigenvalue weighted by atomic mass is 32.2. The number of thioether (sulfide) groups is 1. The molecule has 0 fully saturated rings. The van der Waals surface area contributed by atoms with E-state index in [0.717, 1.165) is 25.3 Å². The van der Waals surface area contributed by atoms with Crippen molar-refractivity contribution in [3.8, 4) is 0 Å². The minimum atomic E-state index is -0.761. The van der Waals surface area contributed by atoms with Crippen LogP contribution in [0.25, 0.3) is 0 Å². The number of hydrogen-bond donors (Lipinski definition) is 1. The summed E-state index contributed by atoms with van der Waals surface area (Å²) in [4.78, 5) is 10.8. The van der Waals surface area contributed by atoms with E-state index < -0.39 is 5.97 Å². The minimum Gasteiger partial charge on any atom is -0.473 e. The maximum Gasteiger partial charge on any atom is 0.408 e. The van der Waals surface area contributed by atoms with Gasteiger partial charge < -0.3 is 5.11 Å². The molecule has 3 nitrogen and oxygen atoms in total. The molecule has 0 atom stereocenters. The van der Waals surface area contributed by atoms with E-state index in [9.17, 15) is 4.79 Å². The zero-order chi connectivity index (χ0) is 10.4. The highest BCUT2D eigenvalue weighted by Gasteiger charge is 2.28. The van der Waals surface area contributed by atoms with Crippen LogP contribution in [0.2, 0.25) is 0 Å². The highest BCUT2D eigenvalue weighted by Crippen LogP contribution is 2.12. The van der Waals surface area contributed by atoms with Crippen LogP contribution in [0.1, 0.15) is 32.6 Å². The molecule has 0 saturated carbocycles. The van der Waals surface area contributed by atoms with Crippen LogP contribution in [0.5, 0.6) is 0 Å². The van der Waals surface area contributed by atoms with Crippen LogP contribution in [0.4, 0.5) is 0 Å². The molecule has 4 heteroatoms. The molecule has 0 amide bonds. The smallest absolute Gasteiger partial charge is 0.408 e. The van der Waals surface area contributed by atoms with Gasteiger partial charge in [-0.25, -0.2) is 9.37 Å². The van der Waals surface area contributed by atoms with E-state index in [0.29, 0.717) is 5.04 Å². The lowest BCUT2D eigenvalue weighted by atomic mass is 10.2. The number of unbranched alkanes of at least 4 members (excludes halogenated alkanes) is 3. The molecule has 0 spiro atoms. The number of aliphatic carboxylic acids is 1. The lowest BCUT2D eigenvalue weighted by Crippen LogP contribution is -2.22. The number of hydrogen-bond acceptors (Lipinski definition) is 2. The maximum absolute atomic E-state index is 10.8. The average molecular weight is 216 g/mol. The summed E-state index contributed by atoms with van der Waals surface area (Å²) in [6.45, 7) is 3.99. The number of rotatable bonds is 6. The van der Waals surface area contributed by atoms with E-state index in [1.54, 1.807) is 0 Å². The summed E-state index contributed by atoms with van der Waals surface area (Å²) in [7, 11) is 0. The fraction of sp³-hybridized carbons (Fsp3) is 0.800. The Bertz CT molecular complexity index is 238. The van der Waals surface area contributed by atoms with Crippen LogP contribution in [0.15, 0.2) is 0 Å². The van der Waals surface area contributed by atoms with Gasteiger partial charge in [0.2, 0.25) is 0 Å². The molecule has 1 aliphatic heterocycles. The Morgan fingerprint density at radius 1 is 1.50 bits per heavy atom. The predicted octanol–water partition coefficient (Wildman–Crippen LogP) is 1.81. The molecule has 0 aromatic carbocycles. The minimum absolute atomic E-state index is 0.543. The molecule has 0 aromatic rings. The number of carboxylic acid groups (broad SMARTS) is 1. The number of carboxylic acids is 1. The largest absolute Gasteiger partial charge is 0.473 e. The fourth-order valence-electron chi connectivity index (χ4n) is 1.59. The summed E-state index contributed by atoms with van der Waals surface area (Å²) in [5.74, 6) is 0.165. The molecule has 0 aliphatic carbocycles. The lowest BCUT2D eigenvalue weighted by Gasteiger charge is -1.98. The number of carbonyl (C=O) groups is 1. The average Bonchev–Trinajstić information content (AvgIpc) is 2.60. The van der Waals surface area contributed by atoms with Crippen molar-refractivity contribution in [1.82, 2.24) is 0 Å². The van der Waals surface area contributed by atoms with Crippen molar-refractivity contribution in [1.29, 1.82) is 0 Å². The van der Waals surface area contributed by atoms with Crippen molar-refractivity contribution in [2.45, 2.75) is 32.6 Å². The van der Waals surface area contributed by atoms with E-state index in [1.165, 1.54) is 31.0 Å². The van der Waals surface area contributed by atoms with Gasteiger partial charge in [-0.2, -0.15) is 0 Å². The molecule has 0 saturated heterocycles. The van der Waals surface area contributed by atoms with Gasteiger partial charge in [-0.1, -0.05) is 19.8 Å². The second-order valence-corrected chi connectivity index (χ2v) is 4.59. The van der Waals surface area contributed by atoms with Gasteiger partial charge in [0.1, 0.15) is 6.54 Å². The summed E-state index contributed by atoms with van der Waals surface area (Å²) in [6.07, 6.45) is 4.81. The Hall–Kier alpha value is -0.510. The van der Waals surface area contributed by atoms with Gasteiger partial charge in [-0.05, 0) is 18.2 Å². The molecule has 1 aliphatic rings. The third kappa shape index (κ3) is 3.33. The molecule has 0 aromatic heterocycles. The third-order valence-corrected chi connectivity index (χ3v) is 3.44. The van der Waals surface area contributed by atoms with Gasteiger partial charge >= 0.3 is 11.0 Å². The molecule has 1 N–H and O–H groups in total. The summed E-state index contributed by atoms with van der Waals surface area (Å²) in [5, 5.41) is 9.43. The van der Waals surface area contributed by atoms with Gasteiger partial charge in [0, 0.05) is 6.42 Å². The van der Waals surface area contributed by atoms with Gasteiger partial charge in [-0.15, -0.1) is 0 Å². The summed E-state index contributed by atoms with van der Waals surface area (Å²) >= 11 is 1.47. The predicted molar refractivity (Wildman–Crippen MR) is 59.2 cm³/mol. The second kappa shape index (κ2) is 6.06. The molecule has 1 rings (SSSR count). The molecule has 1 heterocycles. The molecular formula is C10H18NO2S+. The van der Waals surface area contributed by atoms with Crippen LogP contribution in [0, 0.1) is 0 Å². The van der Waals surface area contributed by atoms with E-state index in [-0.39, 0.29) is 0 Å². The van der Waals surface area contributed by atoms with Crippen LogP contribution in [0.3, 0.4) is 0 Å². The van der Waals surface area contributed by atoms with Crippen LogP contribution in [-0.4, -0.2) is 39.5 Å². The van der Waals surface area contributed by atoms with Crippen LogP contribution < -0.4 is 0 Å². The second-order valence-electron chi connectivity index (χ2n) is 3.51. The zero-order valence-corrected chi connectivity index (χ0v) is 9.48. The van der Waals surface area contributed by atoms with Gasteiger partial charge in [0.25, 0.3) is 0 Å². The topological polar surface area (TPSA) is 40.3 Å². The Kier molecular flexibility index (Phi) is 5.01. The Morgan fingerprint density at radius 3 is 2.93 bits per heavy atom. The molecule has 0 radical (unpaired) electrons. The normalized spacial score (nSPS) is 16.4. The zero-order valence-electron chi connectivity index (χ0n) is 8.66. The Morgan fingerprint density at radius 2 is 2.29 bits per heavy atom. The third-order valence-electron chi connectivity index (χ3n) is 2.35. The first-order valence-electron chi connectivity index (χ1n) is 5.23. The monoisotopic (exact) mass is 216 g/mol. The summed E-state index contributed by atoms with van der Waals surface area (Å²) in [5.41, 5.74) is 0. The molecule has 0 bridgehead atoms. The van der Waals surface area contributed by atoms with Gasteiger partial charge in [-0.3, -0.25) is 0 Å². The lowest BCUT2D eigenvalue weighted by molar-refractivity contribution is -0.517. The van der Waals surface area contributed by atoms with Gasteiger partial charge in [0.15, 0.2) is 6.54 Å². The van der Waals surface area contributed by atoms with E-state index in [4.69, 9.17) is 5.11 Å². The fourth-order valence-corrected chi connectivity index (χ4v) is 2.58. The quantitative estimate of drug-likeness (QED) is 0.544. The van der Waals surface area contributed by atoms with E-state index >= 15 is 0 Å². The van der Waals surface area contributed by atoms with Crippen LogP contribution >= 0.6 is 11.8 Å². The Labute approximate surface area is 89.2 Å². The van der Waals surface area contributed by atoms with Gasteiger partial charge in [0.05, 0.1) is 5.75 Å². The van der Waals surface area contributed by atoms with Crippen molar-refractivity contribution < 1.29 is 14.5 Å². The van der Waals surface area contributed by atoms with Crippen molar-refractivity contribution in [2.24, 2.45) is 0 Å². The van der Waals surface area contributed by atoms with Crippen molar-refractivity contribution in [3.05, 3.63) is 0 Å². The highest BCUT2D eigenvalue weighted by molar-refractivity contribution is 8.15. The standard InChI is InChI=1S/C10H17NO2S/c1-2-3-4-5-6-11-7-8-14-9(11)10(12)13/h2-8H2,1H3/p+1. The van der Waals surface area contributed by atoms with Crippen molar-refractivity contribution >= 4 is 22.8 Å².